The van der Waals surface area contributed by atoms with Crippen molar-refractivity contribution < 1.29 is 9.53 Å². The molecule has 0 bridgehead atoms. The number of carbonyl (C=O) groups excluding carboxylic acids is 1. The second kappa shape index (κ2) is 8.40. The number of ether oxygens (including phenoxy) is 1. The Morgan fingerprint density at radius 3 is 2.65 bits per heavy atom. The second-order valence-corrected chi connectivity index (χ2v) is 5.24. The van der Waals surface area contributed by atoms with E-state index >= 15 is 0 Å². The van der Waals surface area contributed by atoms with E-state index in [4.69, 9.17) is 4.74 Å². The molecule has 1 rings (SSSR count). The molecule has 112 valence electrons. The molecule has 0 radical (unpaired) electrons. The van der Waals surface area contributed by atoms with Crippen molar-refractivity contribution in [1.82, 2.24) is 4.98 Å². The molecular weight excluding hydrogens is 254 g/mol. The van der Waals surface area contributed by atoms with Gasteiger partial charge in [0.15, 0.2) is 0 Å². The average molecular weight is 279 g/mol. The topological polar surface area (TPSA) is 63.2 Å². The van der Waals surface area contributed by atoms with E-state index in [2.05, 4.69) is 36.4 Å². The number of rotatable bonds is 8. The molecule has 20 heavy (non-hydrogen) atoms. The lowest BCUT2D eigenvalue weighted by Gasteiger charge is -2.19. The molecule has 1 unspecified atom stereocenters. The monoisotopic (exact) mass is 279 g/mol. The van der Waals surface area contributed by atoms with Crippen LogP contribution >= 0.6 is 0 Å². The Bertz CT molecular complexity index is 421. The van der Waals surface area contributed by atoms with Crippen LogP contribution in [0.15, 0.2) is 18.5 Å². The number of carbonyl (C=O) groups is 1. The number of pyridine rings is 1. The average Bonchev–Trinajstić information content (AvgIpc) is 2.43. The molecule has 0 spiro atoms. The van der Waals surface area contributed by atoms with Gasteiger partial charge in [-0.2, -0.15) is 0 Å². The van der Waals surface area contributed by atoms with Gasteiger partial charge in [-0.05, 0) is 24.8 Å². The van der Waals surface area contributed by atoms with Crippen LogP contribution in [0.25, 0.3) is 0 Å². The fraction of sp³-hybridized carbons (Fsp3) is 0.600. The lowest BCUT2D eigenvalue weighted by atomic mass is 10.0. The molecule has 0 fully saturated rings. The van der Waals surface area contributed by atoms with Crippen molar-refractivity contribution in [2.24, 2.45) is 5.92 Å². The van der Waals surface area contributed by atoms with E-state index in [9.17, 15) is 4.79 Å². The Morgan fingerprint density at radius 1 is 1.35 bits per heavy atom. The first kappa shape index (κ1) is 16.3. The summed E-state index contributed by atoms with van der Waals surface area (Å²) in [5.41, 5.74) is 1.77. The largest absolute Gasteiger partial charge is 0.467 e. The molecule has 2 N–H and O–H groups in total. The molecule has 1 heterocycles. The quantitative estimate of drug-likeness (QED) is 0.716. The molecule has 5 nitrogen and oxygen atoms in total. The van der Waals surface area contributed by atoms with Crippen LogP contribution in [0, 0.1) is 5.92 Å². The van der Waals surface area contributed by atoms with Crippen molar-refractivity contribution in [3.8, 4) is 0 Å². The molecule has 5 heteroatoms. The van der Waals surface area contributed by atoms with Crippen LogP contribution in [0.4, 0.5) is 11.4 Å². The molecule has 1 atom stereocenters. The van der Waals surface area contributed by atoms with Gasteiger partial charge in [0.05, 0.1) is 30.9 Å². The molecule has 0 amide bonds. The lowest BCUT2D eigenvalue weighted by molar-refractivity contribution is -0.141. The van der Waals surface area contributed by atoms with Crippen molar-refractivity contribution in [2.45, 2.75) is 39.7 Å². The molecule has 0 aliphatic carbocycles. The molecule has 0 aliphatic rings. The summed E-state index contributed by atoms with van der Waals surface area (Å²) in [4.78, 5) is 16.0. The van der Waals surface area contributed by atoms with Gasteiger partial charge < -0.3 is 15.4 Å². The number of aromatic nitrogens is 1. The predicted molar refractivity (Wildman–Crippen MR) is 81.9 cm³/mol. The standard InChI is InChI=1S/C15H25N3O2/c1-5-6-17-12-8-13(10-16-9-12)18-14(7-11(2)3)15(19)20-4/h8-11,14,17-18H,5-7H2,1-4H3. The summed E-state index contributed by atoms with van der Waals surface area (Å²) in [7, 11) is 1.41. The zero-order valence-electron chi connectivity index (χ0n) is 12.8. The van der Waals surface area contributed by atoms with E-state index in [-0.39, 0.29) is 12.0 Å². The molecule has 0 saturated carbocycles. The zero-order chi connectivity index (χ0) is 15.0. The lowest BCUT2D eigenvalue weighted by Crippen LogP contribution is -2.32. The van der Waals surface area contributed by atoms with E-state index in [0.717, 1.165) is 30.8 Å². The smallest absolute Gasteiger partial charge is 0.328 e. The van der Waals surface area contributed by atoms with Crippen molar-refractivity contribution in [2.75, 3.05) is 24.3 Å². The first-order valence-electron chi connectivity index (χ1n) is 7.10. The van der Waals surface area contributed by atoms with E-state index in [1.165, 1.54) is 7.11 Å². The molecule has 0 aliphatic heterocycles. The number of esters is 1. The Morgan fingerprint density at radius 2 is 2.05 bits per heavy atom. The minimum atomic E-state index is -0.344. The van der Waals surface area contributed by atoms with E-state index in [1.54, 1.807) is 12.4 Å². The fourth-order valence-corrected chi connectivity index (χ4v) is 1.91. The van der Waals surface area contributed by atoms with E-state index in [0.29, 0.717) is 5.92 Å². The maximum Gasteiger partial charge on any atom is 0.328 e. The van der Waals surface area contributed by atoms with Crippen molar-refractivity contribution in [3.05, 3.63) is 18.5 Å². The van der Waals surface area contributed by atoms with E-state index < -0.39 is 0 Å². The predicted octanol–water partition coefficient (Wildman–Crippen LogP) is 2.90. The number of methoxy groups -OCH3 is 1. The summed E-state index contributed by atoms with van der Waals surface area (Å²) in [6.45, 7) is 7.17. The van der Waals surface area contributed by atoms with Crippen LogP contribution in [0.1, 0.15) is 33.6 Å². The Hall–Kier alpha value is -1.78. The normalized spacial score (nSPS) is 12.1. The van der Waals surface area contributed by atoms with Crippen molar-refractivity contribution in [3.63, 3.8) is 0 Å². The van der Waals surface area contributed by atoms with Crippen molar-refractivity contribution >= 4 is 17.3 Å². The molecule has 1 aromatic heterocycles. The highest BCUT2D eigenvalue weighted by Crippen LogP contribution is 2.17. The summed E-state index contributed by atoms with van der Waals surface area (Å²) in [5.74, 6) is 0.159. The van der Waals surface area contributed by atoms with Gasteiger partial charge in [0.25, 0.3) is 0 Å². The van der Waals surface area contributed by atoms with Gasteiger partial charge in [-0.1, -0.05) is 20.8 Å². The van der Waals surface area contributed by atoms with Gasteiger partial charge in [-0.25, -0.2) is 4.79 Å². The number of hydrogen-bond acceptors (Lipinski definition) is 5. The third kappa shape index (κ3) is 5.47. The second-order valence-electron chi connectivity index (χ2n) is 5.24. The highest BCUT2D eigenvalue weighted by molar-refractivity contribution is 5.79. The maximum absolute atomic E-state index is 11.8. The summed E-state index contributed by atoms with van der Waals surface area (Å²) >= 11 is 0. The van der Waals surface area contributed by atoms with Gasteiger partial charge in [0.2, 0.25) is 0 Å². The first-order valence-corrected chi connectivity index (χ1v) is 7.10. The van der Waals surface area contributed by atoms with Gasteiger partial charge >= 0.3 is 5.97 Å². The first-order chi connectivity index (χ1) is 9.56. The third-order valence-electron chi connectivity index (χ3n) is 2.85. The highest BCUT2D eigenvalue weighted by Gasteiger charge is 2.20. The van der Waals surface area contributed by atoms with Crippen LogP contribution < -0.4 is 10.6 Å². The Kier molecular flexibility index (Phi) is 6.84. The fourth-order valence-electron chi connectivity index (χ4n) is 1.91. The third-order valence-corrected chi connectivity index (χ3v) is 2.85. The number of hydrogen-bond donors (Lipinski definition) is 2. The highest BCUT2D eigenvalue weighted by atomic mass is 16.5. The zero-order valence-corrected chi connectivity index (χ0v) is 12.8. The molecule has 0 saturated heterocycles. The minimum absolute atomic E-state index is 0.245. The van der Waals surface area contributed by atoms with Gasteiger partial charge in [-0.3, -0.25) is 4.98 Å². The molecular formula is C15H25N3O2. The van der Waals surface area contributed by atoms with Gasteiger partial charge in [0, 0.05) is 6.54 Å². The minimum Gasteiger partial charge on any atom is -0.467 e. The summed E-state index contributed by atoms with van der Waals surface area (Å²) in [6.07, 6.45) is 5.26. The summed E-state index contributed by atoms with van der Waals surface area (Å²) < 4.78 is 4.84. The molecule has 1 aromatic rings. The maximum atomic E-state index is 11.8. The molecule has 0 aromatic carbocycles. The van der Waals surface area contributed by atoms with Gasteiger partial charge in [0.1, 0.15) is 6.04 Å². The van der Waals surface area contributed by atoms with E-state index in [1.807, 2.05) is 6.07 Å². The number of anilines is 2. The van der Waals surface area contributed by atoms with Crippen LogP contribution in [0.2, 0.25) is 0 Å². The van der Waals surface area contributed by atoms with Crippen LogP contribution in [-0.2, 0) is 9.53 Å². The van der Waals surface area contributed by atoms with Crippen LogP contribution in [-0.4, -0.2) is 30.6 Å². The van der Waals surface area contributed by atoms with Crippen molar-refractivity contribution in [1.29, 1.82) is 0 Å². The summed E-state index contributed by atoms with van der Waals surface area (Å²) in [5, 5.41) is 6.47. The Balaban J connectivity index is 2.74. The number of nitrogens with zero attached hydrogens (tertiary/aromatic N) is 1. The van der Waals surface area contributed by atoms with Crippen LogP contribution in [0.5, 0.6) is 0 Å². The number of nitrogens with one attached hydrogen (secondary N) is 2. The SMILES string of the molecule is CCCNc1cncc(NC(CC(C)C)C(=O)OC)c1. The summed E-state index contributed by atoms with van der Waals surface area (Å²) in [6, 6.07) is 1.61. The van der Waals surface area contributed by atoms with Crippen LogP contribution in [0.3, 0.4) is 0 Å². The van der Waals surface area contributed by atoms with Gasteiger partial charge in [-0.15, -0.1) is 0 Å². The Labute approximate surface area is 121 Å².